The molecular formula is C25H23F6N3O3. The molecular weight excluding hydrogens is 504 g/mol. The summed E-state index contributed by atoms with van der Waals surface area (Å²) in [6.45, 7) is 0.0365. The molecule has 0 saturated carbocycles. The quantitative estimate of drug-likeness (QED) is 0.346. The molecule has 1 N–H and O–H groups in total. The number of methoxy groups -OCH3 is 1. The summed E-state index contributed by atoms with van der Waals surface area (Å²) in [5, 5.41) is 11.4. The number of ether oxygens (including phenoxy) is 2. The lowest BCUT2D eigenvalue weighted by molar-refractivity contribution is -0.183. The van der Waals surface area contributed by atoms with Crippen molar-refractivity contribution < 1.29 is 40.6 Å². The van der Waals surface area contributed by atoms with Crippen LogP contribution in [0, 0.1) is 11.3 Å². The maximum Gasteiger partial charge on any atom is 0.415 e. The topological polar surface area (TPSA) is 84.2 Å². The number of halogens is 6. The van der Waals surface area contributed by atoms with Crippen molar-refractivity contribution >= 4 is 11.5 Å². The Labute approximate surface area is 209 Å². The molecule has 0 radical (unpaired) electrons. The molecule has 12 heteroatoms. The summed E-state index contributed by atoms with van der Waals surface area (Å²) < 4.78 is 90.2. The van der Waals surface area contributed by atoms with Crippen LogP contribution in [-0.2, 0) is 9.53 Å². The van der Waals surface area contributed by atoms with Gasteiger partial charge < -0.3 is 14.8 Å². The van der Waals surface area contributed by atoms with E-state index < -0.39 is 42.2 Å². The van der Waals surface area contributed by atoms with Gasteiger partial charge >= 0.3 is 12.4 Å². The average Bonchev–Trinajstić information content (AvgIpc) is 2.83. The van der Waals surface area contributed by atoms with Crippen molar-refractivity contribution in [1.29, 1.82) is 5.26 Å². The third-order valence-corrected chi connectivity index (χ3v) is 5.79. The molecule has 0 spiro atoms. The number of aromatic nitrogens is 1. The van der Waals surface area contributed by atoms with Crippen molar-refractivity contribution in [2.75, 3.05) is 13.7 Å². The lowest BCUT2D eigenvalue weighted by atomic mass is 9.79. The number of carbonyl (C=O) groups is 1. The van der Waals surface area contributed by atoms with E-state index in [2.05, 4.69) is 4.98 Å². The minimum absolute atomic E-state index is 0.0365. The molecule has 2 heterocycles. The molecule has 3 rings (SSSR count). The number of hydrogen-bond acceptors (Lipinski definition) is 5. The van der Waals surface area contributed by atoms with Gasteiger partial charge in [0.05, 0.1) is 13.7 Å². The highest BCUT2D eigenvalue weighted by atomic mass is 19.4. The van der Waals surface area contributed by atoms with Crippen molar-refractivity contribution in [3.8, 4) is 11.9 Å². The van der Waals surface area contributed by atoms with Gasteiger partial charge in [-0.3, -0.25) is 4.79 Å². The fourth-order valence-corrected chi connectivity index (χ4v) is 3.89. The van der Waals surface area contributed by atoms with Gasteiger partial charge in [0.2, 0.25) is 5.88 Å². The van der Waals surface area contributed by atoms with Gasteiger partial charge in [0, 0.05) is 25.1 Å². The molecule has 0 saturated heterocycles. The maximum absolute atomic E-state index is 14.4. The number of rotatable bonds is 8. The Balaban J connectivity index is 1.80. The molecule has 198 valence electrons. The SMILES string of the molecule is COc1ccc(C2=C(C#N)C(=O)NC(C=C3C=CC(OCCCCC(F)(F)F)=CC3)(C(F)(F)F)C2)cn1. The highest BCUT2D eigenvalue weighted by Crippen LogP contribution is 2.44. The van der Waals surface area contributed by atoms with Crippen molar-refractivity contribution in [2.45, 2.75) is 50.0 Å². The molecule has 0 fully saturated rings. The summed E-state index contributed by atoms with van der Waals surface area (Å²) in [6, 6.07) is 4.52. The normalized spacial score (nSPS) is 21.4. The van der Waals surface area contributed by atoms with Crippen LogP contribution >= 0.6 is 0 Å². The van der Waals surface area contributed by atoms with E-state index in [1.54, 1.807) is 6.07 Å². The van der Waals surface area contributed by atoms with Crippen molar-refractivity contribution in [2.24, 2.45) is 0 Å². The highest BCUT2D eigenvalue weighted by Gasteiger charge is 2.57. The molecule has 0 bridgehead atoms. The highest BCUT2D eigenvalue weighted by molar-refractivity contribution is 6.07. The van der Waals surface area contributed by atoms with E-state index in [1.807, 2.05) is 5.32 Å². The largest absolute Gasteiger partial charge is 0.494 e. The minimum atomic E-state index is -4.91. The number of nitriles is 1. The van der Waals surface area contributed by atoms with Crippen molar-refractivity contribution in [3.63, 3.8) is 0 Å². The Kier molecular flexibility index (Phi) is 8.35. The van der Waals surface area contributed by atoms with E-state index in [1.165, 1.54) is 43.7 Å². The number of allylic oxidation sites excluding steroid dienone is 4. The predicted molar refractivity (Wildman–Crippen MR) is 121 cm³/mol. The second-order valence-electron chi connectivity index (χ2n) is 8.44. The van der Waals surface area contributed by atoms with Gasteiger partial charge in [-0.2, -0.15) is 31.6 Å². The van der Waals surface area contributed by atoms with E-state index in [9.17, 15) is 36.4 Å². The molecule has 1 aromatic rings. The molecule has 1 atom stereocenters. The Bertz CT molecular complexity index is 1170. The number of alkyl halides is 6. The third kappa shape index (κ3) is 6.93. The number of unbranched alkanes of at least 4 members (excludes halogenated alkanes) is 1. The molecule has 1 aliphatic heterocycles. The summed E-state index contributed by atoms with van der Waals surface area (Å²) in [6.07, 6.45) is -4.22. The second kappa shape index (κ2) is 11.1. The van der Waals surface area contributed by atoms with Gasteiger partial charge in [0.15, 0.2) is 5.54 Å². The Hall–Kier alpha value is -3.75. The molecule has 1 unspecified atom stereocenters. The Morgan fingerprint density at radius 2 is 1.95 bits per heavy atom. The van der Waals surface area contributed by atoms with Gasteiger partial charge in [-0.15, -0.1) is 0 Å². The average molecular weight is 527 g/mol. The van der Waals surface area contributed by atoms with Crippen LogP contribution in [0.25, 0.3) is 5.57 Å². The van der Waals surface area contributed by atoms with Gasteiger partial charge in [-0.1, -0.05) is 6.08 Å². The van der Waals surface area contributed by atoms with E-state index >= 15 is 0 Å². The van der Waals surface area contributed by atoms with Gasteiger partial charge in [0.25, 0.3) is 5.91 Å². The first-order valence-electron chi connectivity index (χ1n) is 11.2. The van der Waals surface area contributed by atoms with Crippen molar-refractivity contribution in [1.82, 2.24) is 10.3 Å². The van der Waals surface area contributed by atoms with Crippen LogP contribution in [0.3, 0.4) is 0 Å². The standard InChI is InChI=1S/C25H23F6N3O3/c1-36-21-9-6-17(15-33-21)19-13-23(25(29,30)31,34-22(35)20(19)14-32)12-16-4-7-18(8-5-16)37-11-3-2-10-24(26,27)28/h4,6-9,12,15H,2-3,5,10-11,13H2,1H3,(H,34,35). The fraction of sp³-hybridized carbons (Fsp3) is 0.400. The number of carbonyl (C=O) groups excluding carboxylic acids is 1. The number of pyridine rings is 1. The first kappa shape index (κ1) is 27.8. The molecule has 2 aliphatic rings. The number of amides is 1. The summed E-state index contributed by atoms with van der Waals surface area (Å²) >= 11 is 0. The lowest BCUT2D eigenvalue weighted by Crippen LogP contribution is -2.60. The zero-order valence-electron chi connectivity index (χ0n) is 19.7. The molecule has 6 nitrogen and oxygen atoms in total. The Morgan fingerprint density at radius 1 is 1.19 bits per heavy atom. The monoisotopic (exact) mass is 527 g/mol. The van der Waals surface area contributed by atoms with Crippen LogP contribution in [0.15, 0.2) is 59.5 Å². The third-order valence-electron chi connectivity index (χ3n) is 5.79. The van der Waals surface area contributed by atoms with Crippen LogP contribution in [-0.4, -0.2) is 42.5 Å². The van der Waals surface area contributed by atoms with Gasteiger partial charge in [0.1, 0.15) is 17.4 Å². The number of nitrogens with zero attached hydrogens (tertiary/aromatic N) is 2. The van der Waals surface area contributed by atoms with Gasteiger partial charge in [-0.05, 0) is 60.3 Å². The number of hydrogen-bond donors (Lipinski definition) is 1. The summed E-state index contributed by atoms with van der Waals surface area (Å²) in [7, 11) is 1.37. The van der Waals surface area contributed by atoms with E-state index in [4.69, 9.17) is 9.47 Å². The first-order chi connectivity index (χ1) is 17.4. The summed E-state index contributed by atoms with van der Waals surface area (Å²) in [5.41, 5.74) is -2.92. The lowest BCUT2D eigenvalue weighted by Gasteiger charge is -2.38. The molecule has 1 aliphatic carbocycles. The molecule has 0 aromatic carbocycles. The molecule has 37 heavy (non-hydrogen) atoms. The van der Waals surface area contributed by atoms with E-state index in [0.29, 0.717) is 5.76 Å². The zero-order valence-corrected chi connectivity index (χ0v) is 19.7. The zero-order chi connectivity index (χ0) is 27.3. The van der Waals surface area contributed by atoms with Crippen LogP contribution in [0.1, 0.15) is 37.7 Å². The fourth-order valence-electron chi connectivity index (χ4n) is 3.89. The van der Waals surface area contributed by atoms with Crippen LogP contribution in [0.4, 0.5) is 26.3 Å². The number of nitrogens with one attached hydrogen (secondary N) is 1. The second-order valence-corrected chi connectivity index (χ2v) is 8.44. The molecule has 1 amide bonds. The minimum Gasteiger partial charge on any atom is -0.494 e. The summed E-state index contributed by atoms with van der Waals surface area (Å²) in [5.74, 6) is -0.619. The maximum atomic E-state index is 14.4. The smallest absolute Gasteiger partial charge is 0.415 e. The van der Waals surface area contributed by atoms with Crippen molar-refractivity contribution in [3.05, 3.63) is 65.1 Å². The van der Waals surface area contributed by atoms with E-state index in [0.717, 1.165) is 6.08 Å². The van der Waals surface area contributed by atoms with E-state index in [-0.39, 0.29) is 48.5 Å². The Morgan fingerprint density at radius 3 is 2.49 bits per heavy atom. The molecule has 1 aromatic heterocycles. The predicted octanol–water partition coefficient (Wildman–Crippen LogP) is 5.71. The van der Waals surface area contributed by atoms with Crippen LogP contribution in [0.2, 0.25) is 0 Å². The summed E-state index contributed by atoms with van der Waals surface area (Å²) in [4.78, 5) is 16.6. The van der Waals surface area contributed by atoms with Gasteiger partial charge in [-0.25, -0.2) is 4.98 Å². The van der Waals surface area contributed by atoms with Crippen LogP contribution in [0.5, 0.6) is 5.88 Å². The van der Waals surface area contributed by atoms with Crippen LogP contribution < -0.4 is 10.1 Å². The first-order valence-corrected chi connectivity index (χ1v) is 11.2.